The van der Waals surface area contributed by atoms with Gasteiger partial charge in [0.2, 0.25) is 0 Å². The molecule has 1 aliphatic heterocycles. The van der Waals surface area contributed by atoms with Crippen molar-refractivity contribution in [3.05, 3.63) is 24.3 Å². The van der Waals surface area contributed by atoms with Crippen LogP contribution in [0.25, 0.3) is 0 Å². The van der Waals surface area contributed by atoms with Crippen LogP contribution in [0.4, 0.5) is 0 Å². The first-order chi connectivity index (χ1) is 13.0. The number of nitrogens with two attached hydrogens (primary N) is 1. The molecule has 28 heavy (non-hydrogen) atoms. The Morgan fingerprint density at radius 1 is 1.21 bits per heavy atom. The molecule has 1 aromatic rings. The van der Waals surface area contributed by atoms with E-state index in [1.807, 2.05) is 6.92 Å². The van der Waals surface area contributed by atoms with Crippen LogP contribution in [-0.2, 0) is 24.1 Å². The van der Waals surface area contributed by atoms with Crippen LogP contribution < -0.4 is 10.5 Å². The summed E-state index contributed by atoms with van der Waals surface area (Å²) in [7, 11) is -3.98. The van der Waals surface area contributed by atoms with Gasteiger partial charge in [0.25, 0.3) is 0 Å². The minimum atomic E-state index is -3.98. The number of ether oxygens (including phenoxy) is 3. The molecule has 1 aromatic carbocycles. The summed E-state index contributed by atoms with van der Waals surface area (Å²) in [6, 6.07) is 6.13. The molecule has 1 aliphatic rings. The molecule has 8 heteroatoms. The smallest absolute Gasteiger partial charge is 0.328 e. The van der Waals surface area contributed by atoms with E-state index in [1.165, 1.54) is 12.1 Å². The Bertz CT molecular complexity index is 761. The Morgan fingerprint density at radius 2 is 1.79 bits per heavy atom. The number of esters is 1. The number of carbonyl (C=O) groups is 1. The predicted molar refractivity (Wildman–Crippen MR) is 106 cm³/mol. The monoisotopic (exact) mass is 413 g/mol. The SMILES string of the molecule is C[C@H](CN)COc1ccc(S(=O)(=O)C2(C(=O)OC(C)(C)C)CCOCC2)cc1. The highest BCUT2D eigenvalue weighted by Gasteiger charge is 2.54. The second-order valence-corrected chi connectivity index (χ2v) is 10.5. The Labute approximate surface area is 167 Å². The number of rotatable bonds is 7. The molecular weight excluding hydrogens is 382 g/mol. The Morgan fingerprint density at radius 3 is 2.29 bits per heavy atom. The summed E-state index contributed by atoms with van der Waals surface area (Å²) in [6.45, 7) is 8.47. The van der Waals surface area contributed by atoms with E-state index in [0.717, 1.165) is 0 Å². The quantitative estimate of drug-likeness (QED) is 0.684. The largest absolute Gasteiger partial charge is 0.493 e. The van der Waals surface area contributed by atoms with E-state index in [0.29, 0.717) is 18.9 Å². The Balaban J connectivity index is 2.31. The van der Waals surface area contributed by atoms with Gasteiger partial charge in [0.05, 0.1) is 11.5 Å². The van der Waals surface area contributed by atoms with Gasteiger partial charge in [-0.1, -0.05) is 6.92 Å². The Kier molecular flexibility index (Phi) is 7.12. The lowest BCUT2D eigenvalue weighted by Gasteiger charge is -2.36. The third-order valence-electron chi connectivity index (χ3n) is 4.66. The van der Waals surface area contributed by atoms with E-state index < -0.39 is 26.2 Å². The van der Waals surface area contributed by atoms with Gasteiger partial charge in [-0.15, -0.1) is 0 Å². The molecule has 1 atom stereocenters. The average Bonchev–Trinajstić information content (AvgIpc) is 2.65. The number of sulfone groups is 1. The maximum absolute atomic E-state index is 13.4. The van der Waals surface area contributed by atoms with Crippen LogP contribution in [0.3, 0.4) is 0 Å². The molecule has 0 radical (unpaired) electrons. The molecule has 0 aromatic heterocycles. The first-order valence-corrected chi connectivity index (χ1v) is 11.0. The van der Waals surface area contributed by atoms with Crippen molar-refractivity contribution in [1.82, 2.24) is 0 Å². The van der Waals surface area contributed by atoms with E-state index in [4.69, 9.17) is 19.9 Å². The molecule has 158 valence electrons. The molecule has 0 spiro atoms. The fraction of sp³-hybridized carbons (Fsp3) is 0.650. The van der Waals surface area contributed by atoms with Crippen molar-refractivity contribution >= 4 is 15.8 Å². The number of hydrogen-bond donors (Lipinski definition) is 1. The Hall–Kier alpha value is -1.64. The standard InChI is InChI=1S/C20H31NO6S/c1-15(13-21)14-26-16-5-7-17(8-6-16)28(23,24)20(9-11-25-12-10-20)18(22)27-19(2,3)4/h5-8,15H,9-14,21H2,1-4H3/t15-/m1/s1. The molecule has 1 heterocycles. The maximum atomic E-state index is 13.4. The molecule has 0 bridgehead atoms. The molecule has 0 saturated carbocycles. The fourth-order valence-electron chi connectivity index (χ4n) is 2.90. The average molecular weight is 414 g/mol. The summed E-state index contributed by atoms with van der Waals surface area (Å²) in [5.74, 6) is 0.0269. The van der Waals surface area contributed by atoms with Crippen molar-refractivity contribution in [2.24, 2.45) is 11.7 Å². The summed E-state index contributed by atoms with van der Waals surface area (Å²) >= 11 is 0. The summed E-state index contributed by atoms with van der Waals surface area (Å²) in [4.78, 5) is 13.0. The summed E-state index contributed by atoms with van der Waals surface area (Å²) in [5, 5.41) is 0. The van der Waals surface area contributed by atoms with Crippen LogP contribution in [0.5, 0.6) is 5.75 Å². The molecule has 2 N–H and O–H groups in total. The van der Waals surface area contributed by atoms with Crippen molar-refractivity contribution in [2.45, 2.75) is 55.8 Å². The summed E-state index contributed by atoms with van der Waals surface area (Å²) in [6.07, 6.45) is 0.132. The van der Waals surface area contributed by atoms with E-state index >= 15 is 0 Å². The summed E-state index contributed by atoms with van der Waals surface area (Å²) < 4.78 is 41.7. The highest BCUT2D eigenvalue weighted by Crippen LogP contribution is 2.37. The second kappa shape index (κ2) is 8.80. The van der Waals surface area contributed by atoms with Crippen LogP contribution in [0.15, 0.2) is 29.2 Å². The van der Waals surface area contributed by atoms with Gasteiger partial charge in [-0.25, -0.2) is 8.42 Å². The third kappa shape index (κ3) is 5.04. The van der Waals surface area contributed by atoms with E-state index in [9.17, 15) is 13.2 Å². The van der Waals surface area contributed by atoms with Gasteiger partial charge in [-0.3, -0.25) is 4.79 Å². The normalized spacial score (nSPS) is 18.3. The molecule has 7 nitrogen and oxygen atoms in total. The van der Waals surface area contributed by atoms with Gasteiger partial charge in [0.15, 0.2) is 14.6 Å². The van der Waals surface area contributed by atoms with Crippen LogP contribution >= 0.6 is 0 Å². The molecule has 1 saturated heterocycles. The zero-order valence-corrected chi connectivity index (χ0v) is 17.9. The van der Waals surface area contributed by atoms with Crippen LogP contribution in [0, 0.1) is 5.92 Å². The van der Waals surface area contributed by atoms with Gasteiger partial charge < -0.3 is 19.9 Å². The summed E-state index contributed by atoms with van der Waals surface area (Å²) in [5.41, 5.74) is 4.79. The first kappa shape index (κ1) is 22.6. The van der Waals surface area contributed by atoms with Crippen LogP contribution in [0.1, 0.15) is 40.5 Å². The minimum absolute atomic E-state index is 0.0660. The maximum Gasteiger partial charge on any atom is 0.328 e. The van der Waals surface area contributed by atoms with Crippen LogP contribution in [0.2, 0.25) is 0 Å². The van der Waals surface area contributed by atoms with E-state index in [2.05, 4.69) is 0 Å². The van der Waals surface area contributed by atoms with Gasteiger partial charge in [0.1, 0.15) is 11.4 Å². The predicted octanol–water partition coefficient (Wildman–Crippen LogP) is 2.32. The van der Waals surface area contributed by atoms with Gasteiger partial charge in [-0.05, 0) is 51.6 Å². The van der Waals surface area contributed by atoms with Gasteiger partial charge in [-0.2, -0.15) is 0 Å². The van der Waals surface area contributed by atoms with Crippen molar-refractivity contribution in [3.8, 4) is 5.75 Å². The third-order valence-corrected chi connectivity index (χ3v) is 7.15. The zero-order chi connectivity index (χ0) is 21.0. The van der Waals surface area contributed by atoms with Crippen molar-refractivity contribution in [2.75, 3.05) is 26.4 Å². The van der Waals surface area contributed by atoms with Gasteiger partial charge in [0, 0.05) is 32.0 Å². The number of carbonyl (C=O) groups excluding carboxylic acids is 1. The molecule has 0 amide bonds. The van der Waals surface area contributed by atoms with E-state index in [1.54, 1.807) is 32.9 Å². The molecule has 0 aliphatic carbocycles. The lowest BCUT2D eigenvalue weighted by molar-refractivity contribution is -0.160. The van der Waals surface area contributed by atoms with Crippen LogP contribution in [-0.4, -0.2) is 51.1 Å². The van der Waals surface area contributed by atoms with E-state index in [-0.39, 0.29) is 36.9 Å². The first-order valence-electron chi connectivity index (χ1n) is 9.50. The van der Waals surface area contributed by atoms with Crippen molar-refractivity contribution in [3.63, 3.8) is 0 Å². The van der Waals surface area contributed by atoms with Gasteiger partial charge >= 0.3 is 5.97 Å². The molecule has 1 fully saturated rings. The molecule has 2 rings (SSSR count). The second-order valence-electron chi connectivity index (χ2n) is 8.24. The lowest BCUT2D eigenvalue weighted by atomic mass is 9.99. The molecule has 0 unspecified atom stereocenters. The van der Waals surface area contributed by atoms with Crippen molar-refractivity contribution in [1.29, 1.82) is 0 Å². The molecular formula is C20H31NO6S. The zero-order valence-electron chi connectivity index (χ0n) is 17.1. The number of benzene rings is 1. The highest BCUT2D eigenvalue weighted by atomic mass is 32.2. The minimum Gasteiger partial charge on any atom is -0.493 e. The number of hydrogen-bond acceptors (Lipinski definition) is 7. The fourth-order valence-corrected chi connectivity index (χ4v) is 4.81. The lowest BCUT2D eigenvalue weighted by Crippen LogP contribution is -2.53. The highest BCUT2D eigenvalue weighted by molar-refractivity contribution is 7.93. The topological polar surface area (TPSA) is 105 Å². The van der Waals surface area contributed by atoms with Crippen molar-refractivity contribution < 1.29 is 27.4 Å².